The summed E-state index contributed by atoms with van der Waals surface area (Å²) in [5.41, 5.74) is -0.319. The predicted octanol–water partition coefficient (Wildman–Crippen LogP) is 2.09. The van der Waals surface area contributed by atoms with Crippen molar-refractivity contribution in [2.75, 3.05) is 0 Å². The van der Waals surface area contributed by atoms with Crippen LogP contribution in [0, 0.1) is 5.82 Å². The zero-order valence-electron chi connectivity index (χ0n) is 8.15. The Kier molecular flexibility index (Phi) is 2.92. The number of aromatic nitrogens is 3. The molecule has 8 heteroatoms. The van der Waals surface area contributed by atoms with Crippen molar-refractivity contribution in [3.05, 3.63) is 34.7 Å². The molecule has 1 heterocycles. The Morgan fingerprint density at radius 1 is 1.53 bits per heavy atom. The number of halogens is 2. The van der Waals surface area contributed by atoms with Crippen molar-refractivity contribution in [1.29, 1.82) is 0 Å². The molecule has 1 aromatic carbocycles. The molecule has 2 N–H and O–H groups in total. The molecule has 0 radical (unpaired) electrons. The Bertz CT molecular complexity index is 572. The van der Waals surface area contributed by atoms with Crippen LogP contribution >= 0.6 is 11.6 Å². The van der Waals surface area contributed by atoms with Crippen molar-refractivity contribution in [3.8, 4) is 11.6 Å². The number of aromatic amines is 1. The van der Waals surface area contributed by atoms with E-state index in [0.717, 1.165) is 6.07 Å². The number of ether oxygens (including phenoxy) is 1. The Hall–Kier alpha value is -2.15. The number of carboxylic acid groups (broad SMARTS) is 1. The quantitative estimate of drug-likeness (QED) is 0.879. The number of nitrogens with one attached hydrogen (secondary N) is 1. The number of H-pyrrole nitrogens is 1. The van der Waals surface area contributed by atoms with Crippen LogP contribution in [0.2, 0.25) is 5.02 Å². The normalized spacial score (nSPS) is 10.2. The number of carbonyl (C=O) groups is 1. The summed E-state index contributed by atoms with van der Waals surface area (Å²) in [6.07, 6.45) is 0. The van der Waals surface area contributed by atoms with Gasteiger partial charge in [-0.15, -0.1) is 0 Å². The molecule has 88 valence electrons. The molecule has 0 fully saturated rings. The van der Waals surface area contributed by atoms with E-state index >= 15 is 0 Å². The van der Waals surface area contributed by atoms with Crippen LogP contribution in [0.1, 0.15) is 10.5 Å². The third-order valence-corrected chi connectivity index (χ3v) is 2.14. The van der Waals surface area contributed by atoms with Gasteiger partial charge in [0.2, 0.25) is 5.69 Å². The van der Waals surface area contributed by atoms with Gasteiger partial charge in [-0.3, -0.25) is 0 Å². The Morgan fingerprint density at radius 2 is 2.29 bits per heavy atom. The van der Waals surface area contributed by atoms with Crippen LogP contribution in [0.5, 0.6) is 11.6 Å². The lowest BCUT2D eigenvalue weighted by Crippen LogP contribution is -1.99. The third kappa shape index (κ3) is 2.34. The van der Waals surface area contributed by atoms with Crippen LogP contribution in [0.3, 0.4) is 0 Å². The van der Waals surface area contributed by atoms with Gasteiger partial charge < -0.3 is 9.84 Å². The number of hydrogen-bond donors (Lipinski definition) is 2. The molecule has 17 heavy (non-hydrogen) atoms. The molecule has 2 rings (SSSR count). The lowest BCUT2D eigenvalue weighted by atomic mass is 10.3. The minimum Gasteiger partial charge on any atom is -0.476 e. The fourth-order valence-electron chi connectivity index (χ4n) is 1.08. The van der Waals surface area contributed by atoms with E-state index in [1.165, 1.54) is 12.1 Å². The maximum atomic E-state index is 13.1. The van der Waals surface area contributed by atoms with Gasteiger partial charge in [0.05, 0.1) is 5.02 Å². The summed E-state index contributed by atoms with van der Waals surface area (Å²) >= 11 is 5.49. The van der Waals surface area contributed by atoms with Gasteiger partial charge in [-0.25, -0.2) is 14.3 Å². The summed E-state index contributed by atoms with van der Waals surface area (Å²) in [7, 11) is 0. The fraction of sp³-hybridized carbons (Fsp3) is 0. The molecular formula is C9H5ClFN3O3. The SMILES string of the molecule is O=C(O)c1[nH]nnc1Oc1ccc(Cl)c(F)c1. The zero-order chi connectivity index (χ0) is 12.4. The van der Waals surface area contributed by atoms with Crippen LogP contribution in [-0.4, -0.2) is 26.5 Å². The summed E-state index contributed by atoms with van der Waals surface area (Å²) in [6, 6.07) is 3.68. The molecule has 1 aromatic heterocycles. The number of carboxylic acids is 1. The second-order valence-corrected chi connectivity index (χ2v) is 3.38. The second-order valence-electron chi connectivity index (χ2n) is 2.98. The van der Waals surface area contributed by atoms with Crippen molar-refractivity contribution >= 4 is 17.6 Å². The van der Waals surface area contributed by atoms with Gasteiger partial charge in [0, 0.05) is 6.07 Å². The summed E-state index contributed by atoms with van der Waals surface area (Å²) in [5, 5.41) is 17.5. The minimum atomic E-state index is -1.28. The van der Waals surface area contributed by atoms with Crippen molar-refractivity contribution < 1.29 is 19.0 Å². The van der Waals surface area contributed by atoms with Crippen LogP contribution in [0.15, 0.2) is 18.2 Å². The maximum absolute atomic E-state index is 13.1. The first-order valence-electron chi connectivity index (χ1n) is 4.35. The number of rotatable bonds is 3. The van der Waals surface area contributed by atoms with Crippen molar-refractivity contribution in [1.82, 2.24) is 15.4 Å². The first-order valence-corrected chi connectivity index (χ1v) is 4.73. The smallest absolute Gasteiger partial charge is 0.359 e. The molecule has 0 amide bonds. The number of hydrogen-bond acceptors (Lipinski definition) is 4. The Labute approximate surface area is 99.0 Å². The van der Waals surface area contributed by atoms with Gasteiger partial charge in [0.15, 0.2) is 0 Å². The highest BCUT2D eigenvalue weighted by atomic mass is 35.5. The summed E-state index contributed by atoms with van der Waals surface area (Å²) in [5.74, 6) is -2.13. The molecule has 0 saturated carbocycles. The molecule has 0 aliphatic heterocycles. The van der Waals surface area contributed by atoms with Crippen LogP contribution in [-0.2, 0) is 0 Å². The van der Waals surface area contributed by atoms with Gasteiger partial charge >= 0.3 is 5.97 Å². The van der Waals surface area contributed by atoms with Gasteiger partial charge in [0.1, 0.15) is 11.6 Å². The average Bonchev–Trinajstić information content (AvgIpc) is 2.72. The molecule has 0 spiro atoms. The summed E-state index contributed by atoms with van der Waals surface area (Å²) in [6.45, 7) is 0. The van der Waals surface area contributed by atoms with E-state index in [1.807, 2.05) is 0 Å². The monoisotopic (exact) mass is 257 g/mol. The zero-order valence-corrected chi connectivity index (χ0v) is 8.90. The summed E-state index contributed by atoms with van der Waals surface area (Å²) < 4.78 is 18.2. The van der Waals surface area contributed by atoms with Gasteiger partial charge in [-0.2, -0.15) is 0 Å². The highest BCUT2D eigenvalue weighted by molar-refractivity contribution is 6.30. The topological polar surface area (TPSA) is 88.1 Å². The van der Waals surface area contributed by atoms with Crippen molar-refractivity contribution in [2.24, 2.45) is 0 Å². The minimum absolute atomic E-state index is 0.0593. The van der Waals surface area contributed by atoms with Gasteiger partial charge in [0.25, 0.3) is 5.88 Å². The van der Waals surface area contributed by atoms with Crippen molar-refractivity contribution in [3.63, 3.8) is 0 Å². The van der Waals surface area contributed by atoms with E-state index in [4.69, 9.17) is 21.4 Å². The lowest BCUT2D eigenvalue weighted by molar-refractivity contribution is 0.0687. The number of benzene rings is 1. The molecule has 0 unspecified atom stereocenters. The van der Waals surface area contributed by atoms with E-state index in [0.29, 0.717) is 0 Å². The van der Waals surface area contributed by atoms with E-state index in [-0.39, 0.29) is 22.3 Å². The molecule has 0 aliphatic rings. The number of aromatic carboxylic acids is 1. The third-order valence-electron chi connectivity index (χ3n) is 1.84. The van der Waals surface area contributed by atoms with Crippen LogP contribution in [0.4, 0.5) is 4.39 Å². The van der Waals surface area contributed by atoms with E-state index in [9.17, 15) is 9.18 Å². The van der Waals surface area contributed by atoms with E-state index in [2.05, 4.69) is 15.4 Å². The molecule has 0 bridgehead atoms. The van der Waals surface area contributed by atoms with Gasteiger partial charge in [-0.05, 0) is 12.1 Å². The first-order chi connectivity index (χ1) is 8.08. The lowest BCUT2D eigenvalue weighted by Gasteiger charge is -2.03. The molecule has 0 aliphatic carbocycles. The number of nitrogens with zero attached hydrogens (tertiary/aromatic N) is 2. The van der Waals surface area contributed by atoms with E-state index < -0.39 is 11.8 Å². The molecule has 0 atom stereocenters. The average molecular weight is 258 g/mol. The van der Waals surface area contributed by atoms with Crippen molar-refractivity contribution in [2.45, 2.75) is 0 Å². The maximum Gasteiger partial charge on any atom is 0.359 e. The van der Waals surface area contributed by atoms with E-state index in [1.54, 1.807) is 0 Å². The largest absolute Gasteiger partial charge is 0.476 e. The standard InChI is InChI=1S/C9H5ClFN3O3/c10-5-2-1-4(3-6(5)11)17-8-7(9(15)16)12-14-13-8/h1-3H,(H,15,16)(H,12,13,14). The Morgan fingerprint density at radius 3 is 2.94 bits per heavy atom. The second kappa shape index (κ2) is 4.38. The predicted molar refractivity (Wildman–Crippen MR) is 54.8 cm³/mol. The van der Waals surface area contributed by atoms with Crippen LogP contribution < -0.4 is 4.74 Å². The Balaban J connectivity index is 2.28. The molecular weight excluding hydrogens is 253 g/mol. The molecule has 2 aromatic rings. The summed E-state index contributed by atoms with van der Waals surface area (Å²) in [4.78, 5) is 10.7. The fourth-order valence-corrected chi connectivity index (χ4v) is 1.20. The first kappa shape index (κ1) is 11.3. The highest BCUT2D eigenvalue weighted by Gasteiger charge is 2.16. The molecule has 0 saturated heterocycles. The highest BCUT2D eigenvalue weighted by Crippen LogP contribution is 2.25. The van der Waals surface area contributed by atoms with Gasteiger partial charge in [-0.1, -0.05) is 21.9 Å². The molecule has 6 nitrogen and oxygen atoms in total. The van der Waals surface area contributed by atoms with Crippen LogP contribution in [0.25, 0.3) is 0 Å².